The zero-order valence-corrected chi connectivity index (χ0v) is 14.4. The number of hydrogen-bond acceptors (Lipinski definition) is 3. The van der Waals surface area contributed by atoms with Crippen LogP contribution < -0.4 is 15.4 Å². The fourth-order valence-corrected chi connectivity index (χ4v) is 2.72. The maximum Gasteiger partial charge on any atom is 0.261 e. The van der Waals surface area contributed by atoms with Crippen LogP contribution in [0.2, 0.25) is 0 Å². The van der Waals surface area contributed by atoms with E-state index in [9.17, 15) is 4.79 Å². The fraction of sp³-hybridized carbons (Fsp3) is 0.588. The summed E-state index contributed by atoms with van der Waals surface area (Å²) in [5.74, 6) is 0.790. The minimum Gasteiger partial charge on any atom is -0.480 e. The van der Waals surface area contributed by atoms with Crippen molar-refractivity contribution in [2.75, 3.05) is 6.54 Å². The highest BCUT2D eigenvalue weighted by Crippen LogP contribution is 2.19. The smallest absolute Gasteiger partial charge is 0.261 e. The van der Waals surface area contributed by atoms with Crippen molar-refractivity contribution in [1.29, 1.82) is 0 Å². The molecule has 0 saturated carbocycles. The summed E-state index contributed by atoms with van der Waals surface area (Å²) >= 11 is 0. The Kier molecular flexibility index (Phi) is 7.69. The lowest BCUT2D eigenvalue weighted by Gasteiger charge is -2.30. The summed E-state index contributed by atoms with van der Waals surface area (Å²) in [6.07, 6.45) is 2.21. The summed E-state index contributed by atoms with van der Waals surface area (Å²) in [7, 11) is 0. The molecule has 3 unspecified atom stereocenters. The third-order valence-corrected chi connectivity index (χ3v) is 4.00. The molecule has 1 saturated heterocycles. The Morgan fingerprint density at radius 2 is 2.18 bits per heavy atom. The van der Waals surface area contributed by atoms with Crippen LogP contribution in [0.15, 0.2) is 24.3 Å². The normalized spacial score (nSPS) is 22.3. The highest BCUT2D eigenvalue weighted by molar-refractivity contribution is 5.85. The molecule has 1 aliphatic heterocycles. The largest absolute Gasteiger partial charge is 0.480 e. The standard InChI is InChI=1S/C17H26N2O2.ClH/c1-4-15(21-16-8-6-5-7-12(16)2)17(20)19-14-9-10-18-13(3)11-14;/h5-8,13-15,18H,4,9-11H2,1-3H3,(H,19,20);1H. The predicted molar refractivity (Wildman–Crippen MR) is 91.8 cm³/mol. The van der Waals surface area contributed by atoms with E-state index in [1.165, 1.54) is 0 Å². The third-order valence-electron chi connectivity index (χ3n) is 4.00. The van der Waals surface area contributed by atoms with E-state index in [4.69, 9.17) is 4.74 Å². The van der Waals surface area contributed by atoms with Gasteiger partial charge in [-0.1, -0.05) is 25.1 Å². The van der Waals surface area contributed by atoms with Gasteiger partial charge in [-0.2, -0.15) is 0 Å². The van der Waals surface area contributed by atoms with Crippen LogP contribution >= 0.6 is 12.4 Å². The second kappa shape index (κ2) is 9.01. The van der Waals surface area contributed by atoms with Gasteiger partial charge in [0.25, 0.3) is 5.91 Å². The van der Waals surface area contributed by atoms with Gasteiger partial charge in [-0.25, -0.2) is 0 Å². The summed E-state index contributed by atoms with van der Waals surface area (Å²) in [5, 5.41) is 6.53. The van der Waals surface area contributed by atoms with Gasteiger partial charge in [0.15, 0.2) is 6.10 Å². The molecular formula is C17H27ClN2O2. The van der Waals surface area contributed by atoms with Crippen molar-refractivity contribution in [1.82, 2.24) is 10.6 Å². The average molecular weight is 327 g/mol. The molecule has 1 aromatic carbocycles. The van der Waals surface area contributed by atoms with Crippen molar-refractivity contribution in [2.45, 2.75) is 58.2 Å². The molecule has 22 heavy (non-hydrogen) atoms. The van der Waals surface area contributed by atoms with Crippen LogP contribution in [-0.4, -0.2) is 30.6 Å². The van der Waals surface area contributed by atoms with E-state index in [1.54, 1.807) is 0 Å². The molecule has 4 nitrogen and oxygen atoms in total. The molecule has 3 atom stereocenters. The second-order valence-corrected chi connectivity index (χ2v) is 5.87. The highest BCUT2D eigenvalue weighted by Gasteiger charge is 2.25. The van der Waals surface area contributed by atoms with E-state index in [0.29, 0.717) is 12.5 Å². The molecule has 1 heterocycles. The molecule has 1 aromatic rings. The number of carbonyl (C=O) groups excluding carboxylic acids is 1. The van der Waals surface area contributed by atoms with E-state index in [0.717, 1.165) is 30.7 Å². The Labute approximate surface area is 139 Å². The third kappa shape index (κ3) is 5.18. The average Bonchev–Trinajstić information content (AvgIpc) is 2.46. The van der Waals surface area contributed by atoms with Crippen molar-refractivity contribution in [3.8, 4) is 5.75 Å². The number of aryl methyl sites for hydroxylation is 1. The quantitative estimate of drug-likeness (QED) is 0.874. The van der Waals surface area contributed by atoms with Crippen LogP contribution in [0.4, 0.5) is 0 Å². The van der Waals surface area contributed by atoms with E-state index in [1.807, 2.05) is 38.1 Å². The van der Waals surface area contributed by atoms with Crippen molar-refractivity contribution in [3.63, 3.8) is 0 Å². The lowest BCUT2D eigenvalue weighted by atomic mass is 10.0. The summed E-state index contributed by atoms with van der Waals surface area (Å²) < 4.78 is 5.90. The number of piperidine rings is 1. The van der Waals surface area contributed by atoms with Crippen LogP contribution in [0.3, 0.4) is 0 Å². The first kappa shape index (κ1) is 18.8. The monoisotopic (exact) mass is 326 g/mol. The van der Waals surface area contributed by atoms with Crippen molar-refractivity contribution in [2.24, 2.45) is 0 Å². The number of benzene rings is 1. The number of ether oxygens (including phenoxy) is 1. The van der Waals surface area contributed by atoms with Crippen LogP contribution in [0.1, 0.15) is 38.7 Å². The van der Waals surface area contributed by atoms with Gasteiger partial charge in [0.05, 0.1) is 0 Å². The SMILES string of the molecule is CCC(Oc1ccccc1C)C(=O)NC1CCNC(C)C1.Cl. The maximum atomic E-state index is 12.4. The Balaban J connectivity index is 0.00000242. The minimum absolute atomic E-state index is 0. The first-order valence-corrected chi connectivity index (χ1v) is 7.86. The summed E-state index contributed by atoms with van der Waals surface area (Å²) in [6, 6.07) is 8.53. The van der Waals surface area contributed by atoms with Gasteiger partial charge in [0.1, 0.15) is 5.75 Å². The molecule has 1 fully saturated rings. The molecule has 0 radical (unpaired) electrons. The summed E-state index contributed by atoms with van der Waals surface area (Å²) in [5.41, 5.74) is 1.05. The number of nitrogens with one attached hydrogen (secondary N) is 2. The molecule has 1 aliphatic rings. The molecule has 0 aliphatic carbocycles. The highest BCUT2D eigenvalue weighted by atomic mass is 35.5. The number of rotatable bonds is 5. The van der Waals surface area contributed by atoms with Gasteiger partial charge >= 0.3 is 0 Å². The molecule has 124 valence electrons. The van der Waals surface area contributed by atoms with Crippen LogP contribution in [0.25, 0.3) is 0 Å². The summed E-state index contributed by atoms with van der Waals surface area (Å²) in [4.78, 5) is 12.4. The molecule has 1 amide bonds. The van der Waals surface area contributed by atoms with Crippen molar-refractivity contribution < 1.29 is 9.53 Å². The Morgan fingerprint density at radius 3 is 2.82 bits per heavy atom. The zero-order valence-electron chi connectivity index (χ0n) is 13.6. The first-order chi connectivity index (χ1) is 10.1. The zero-order chi connectivity index (χ0) is 15.2. The Bertz CT molecular complexity index is 481. The van der Waals surface area contributed by atoms with E-state index < -0.39 is 6.10 Å². The molecule has 0 bridgehead atoms. The minimum atomic E-state index is -0.420. The van der Waals surface area contributed by atoms with E-state index in [2.05, 4.69) is 17.6 Å². The number of carbonyl (C=O) groups is 1. The van der Waals surface area contributed by atoms with Gasteiger partial charge in [0.2, 0.25) is 0 Å². The van der Waals surface area contributed by atoms with Gasteiger partial charge < -0.3 is 15.4 Å². The predicted octanol–water partition coefficient (Wildman–Crippen LogP) is 2.83. The van der Waals surface area contributed by atoms with Crippen molar-refractivity contribution in [3.05, 3.63) is 29.8 Å². The topological polar surface area (TPSA) is 50.4 Å². The first-order valence-electron chi connectivity index (χ1n) is 7.86. The van der Waals surface area contributed by atoms with Gasteiger partial charge in [0, 0.05) is 12.1 Å². The molecule has 0 aromatic heterocycles. The number of amides is 1. The molecular weight excluding hydrogens is 300 g/mol. The number of para-hydroxylation sites is 1. The van der Waals surface area contributed by atoms with Gasteiger partial charge in [-0.05, 0) is 51.3 Å². The van der Waals surface area contributed by atoms with Crippen molar-refractivity contribution >= 4 is 18.3 Å². The summed E-state index contributed by atoms with van der Waals surface area (Å²) in [6.45, 7) is 7.09. The van der Waals surface area contributed by atoms with Gasteiger partial charge in [-0.15, -0.1) is 12.4 Å². The van der Waals surface area contributed by atoms with Crippen LogP contribution in [0, 0.1) is 6.92 Å². The Morgan fingerprint density at radius 1 is 1.45 bits per heavy atom. The lowest BCUT2D eigenvalue weighted by Crippen LogP contribution is -2.50. The fourth-order valence-electron chi connectivity index (χ4n) is 2.72. The molecule has 5 heteroatoms. The number of hydrogen-bond donors (Lipinski definition) is 2. The maximum absolute atomic E-state index is 12.4. The Hall–Kier alpha value is -1.26. The van der Waals surface area contributed by atoms with E-state index in [-0.39, 0.29) is 24.4 Å². The van der Waals surface area contributed by atoms with Crippen LogP contribution in [-0.2, 0) is 4.79 Å². The molecule has 2 N–H and O–H groups in total. The lowest BCUT2D eigenvalue weighted by molar-refractivity contribution is -0.129. The number of halogens is 1. The van der Waals surface area contributed by atoms with Crippen LogP contribution in [0.5, 0.6) is 5.75 Å². The molecule has 0 spiro atoms. The molecule has 2 rings (SSSR count). The van der Waals surface area contributed by atoms with E-state index >= 15 is 0 Å². The van der Waals surface area contributed by atoms with Gasteiger partial charge in [-0.3, -0.25) is 4.79 Å². The second-order valence-electron chi connectivity index (χ2n) is 5.87.